The first-order valence-corrected chi connectivity index (χ1v) is 8.97. The highest BCUT2D eigenvalue weighted by Gasteiger charge is 2.24. The largest absolute Gasteiger partial charge is 0.347 e. The van der Waals surface area contributed by atoms with Gasteiger partial charge in [-0.3, -0.25) is 4.99 Å². The Morgan fingerprint density at radius 3 is 2.73 bits per heavy atom. The molecule has 1 N–H and O–H groups in total. The second-order valence-corrected chi connectivity index (χ2v) is 7.21. The van der Waals surface area contributed by atoms with Crippen molar-refractivity contribution in [3.05, 3.63) is 35.2 Å². The van der Waals surface area contributed by atoms with Crippen LogP contribution in [0.1, 0.15) is 26.2 Å². The zero-order valence-electron chi connectivity index (χ0n) is 15.3. The summed E-state index contributed by atoms with van der Waals surface area (Å²) in [4.78, 5) is 11.1. The van der Waals surface area contributed by atoms with Gasteiger partial charge in [-0.25, -0.2) is 0 Å². The van der Waals surface area contributed by atoms with Gasteiger partial charge in [0.05, 0.1) is 6.54 Å². The average Bonchev–Trinajstić information content (AvgIpc) is 3.03. The number of aromatic nitrogens is 2. The van der Waals surface area contributed by atoms with Crippen LogP contribution in [0.15, 0.2) is 33.8 Å². The van der Waals surface area contributed by atoms with Crippen molar-refractivity contribution in [3.63, 3.8) is 0 Å². The van der Waals surface area contributed by atoms with E-state index in [1.807, 2.05) is 24.3 Å². The van der Waals surface area contributed by atoms with E-state index in [0.29, 0.717) is 35.1 Å². The molecule has 0 saturated carbocycles. The summed E-state index contributed by atoms with van der Waals surface area (Å²) in [5.74, 6) is 3.27. The Kier molecular flexibility index (Phi) is 7.69. The van der Waals surface area contributed by atoms with Gasteiger partial charge in [0, 0.05) is 30.7 Å². The molecule has 1 aliphatic rings. The number of likely N-dealkylation sites (tertiary alicyclic amines) is 1. The predicted octanol–water partition coefficient (Wildman–Crippen LogP) is 4.06. The Balaban J connectivity index is 0.00000243. The normalized spacial score (nSPS) is 20.6. The first-order chi connectivity index (χ1) is 12.0. The minimum absolute atomic E-state index is 0. The Bertz CT molecular complexity index is 741. The smallest absolute Gasteiger partial charge is 0.246 e. The molecule has 8 heteroatoms. The highest BCUT2D eigenvalue weighted by molar-refractivity contribution is 14.0. The van der Waals surface area contributed by atoms with Crippen LogP contribution in [0, 0.1) is 11.8 Å². The monoisotopic (exact) mass is 489 g/mol. The number of nitrogens with zero attached hydrogens (tertiary/aromatic N) is 4. The van der Waals surface area contributed by atoms with Crippen LogP contribution in [0.2, 0.25) is 5.02 Å². The topological polar surface area (TPSA) is 66.5 Å². The second-order valence-electron chi connectivity index (χ2n) is 6.77. The highest BCUT2D eigenvalue weighted by atomic mass is 127. The maximum Gasteiger partial charge on any atom is 0.246 e. The Morgan fingerprint density at radius 1 is 1.35 bits per heavy atom. The van der Waals surface area contributed by atoms with Crippen LogP contribution < -0.4 is 5.32 Å². The summed E-state index contributed by atoms with van der Waals surface area (Å²) in [5, 5.41) is 8.00. The molecule has 0 radical (unpaired) electrons. The summed E-state index contributed by atoms with van der Waals surface area (Å²) in [6.07, 6.45) is 1.26. The molecular weight excluding hydrogens is 465 g/mol. The number of hydrogen-bond donors (Lipinski definition) is 1. The average molecular weight is 490 g/mol. The molecule has 2 unspecified atom stereocenters. The van der Waals surface area contributed by atoms with E-state index in [0.717, 1.165) is 24.6 Å². The van der Waals surface area contributed by atoms with Crippen molar-refractivity contribution in [2.75, 3.05) is 20.1 Å². The fourth-order valence-corrected chi connectivity index (χ4v) is 3.58. The van der Waals surface area contributed by atoms with Gasteiger partial charge < -0.3 is 14.7 Å². The van der Waals surface area contributed by atoms with Gasteiger partial charge in [0.1, 0.15) is 0 Å². The van der Waals surface area contributed by atoms with Crippen LogP contribution >= 0.6 is 35.6 Å². The number of benzene rings is 1. The second kappa shape index (κ2) is 9.55. The lowest BCUT2D eigenvalue weighted by Gasteiger charge is -2.36. The van der Waals surface area contributed by atoms with Gasteiger partial charge in [0.2, 0.25) is 11.7 Å². The summed E-state index contributed by atoms with van der Waals surface area (Å²) in [7, 11) is 1.80. The van der Waals surface area contributed by atoms with E-state index in [-0.39, 0.29) is 24.0 Å². The van der Waals surface area contributed by atoms with Gasteiger partial charge in [-0.2, -0.15) is 4.98 Å². The van der Waals surface area contributed by atoms with Gasteiger partial charge in [-0.1, -0.05) is 42.7 Å². The molecule has 2 heterocycles. The molecule has 2 aromatic rings. The van der Waals surface area contributed by atoms with Crippen molar-refractivity contribution >= 4 is 41.5 Å². The van der Waals surface area contributed by atoms with E-state index in [2.05, 4.69) is 39.2 Å². The molecule has 2 atom stereocenters. The Hall–Kier alpha value is -1.35. The summed E-state index contributed by atoms with van der Waals surface area (Å²) in [6, 6.07) is 7.41. The summed E-state index contributed by atoms with van der Waals surface area (Å²) in [5.41, 5.74) is 0.838. The summed E-state index contributed by atoms with van der Waals surface area (Å²) in [6.45, 7) is 7.04. The van der Waals surface area contributed by atoms with E-state index >= 15 is 0 Å². The third-order valence-electron chi connectivity index (χ3n) is 4.33. The molecule has 0 amide bonds. The number of piperidine rings is 1. The van der Waals surface area contributed by atoms with Crippen molar-refractivity contribution in [2.45, 2.75) is 26.8 Å². The van der Waals surface area contributed by atoms with Crippen molar-refractivity contribution in [1.82, 2.24) is 20.4 Å². The third kappa shape index (κ3) is 5.33. The molecule has 1 saturated heterocycles. The molecule has 1 fully saturated rings. The lowest BCUT2D eigenvalue weighted by Crippen LogP contribution is -2.48. The third-order valence-corrected chi connectivity index (χ3v) is 4.56. The highest BCUT2D eigenvalue weighted by Crippen LogP contribution is 2.21. The number of hydrogen-bond acceptors (Lipinski definition) is 4. The van der Waals surface area contributed by atoms with Crippen LogP contribution in [0.4, 0.5) is 0 Å². The maximum absolute atomic E-state index is 6.01. The van der Waals surface area contributed by atoms with Crippen molar-refractivity contribution in [3.8, 4) is 11.4 Å². The Morgan fingerprint density at radius 2 is 2.08 bits per heavy atom. The summed E-state index contributed by atoms with van der Waals surface area (Å²) < 4.78 is 5.34. The molecule has 1 aromatic heterocycles. The number of aliphatic imine (C=N–C) groups is 1. The quantitative estimate of drug-likeness (QED) is 0.400. The lowest BCUT2D eigenvalue weighted by molar-refractivity contribution is 0.208. The van der Waals surface area contributed by atoms with E-state index in [9.17, 15) is 0 Å². The Labute approximate surface area is 176 Å². The van der Waals surface area contributed by atoms with Gasteiger partial charge >= 0.3 is 0 Å². The van der Waals surface area contributed by atoms with Crippen molar-refractivity contribution < 1.29 is 4.52 Å². The molecular formula is C18H25ClIN5O. The fraction of sp³-hybridized carbons (Fsp3) is 0.500. The van der Waals surface area contributed by atoms with Crippen molar-refractivity contribution in [1.29, 1.82) is 0 Å². The molecule has 142 valence electrons. The molecule has 0 bridgehead atoms. The minimum atomic E-state index is 0. The molecule has 26 heavy (non-hydrogen) atoms. The molecule has 0 spiro atoms. The predicted molar refractivity (Wildman–Crippen MR) is 115 cm³/mol. The number of nitrogens with one attached hydrogen (secondary N) is 1. The number of halogens is 2. The van der Waals surface area contributed by atoms with Crippen LogP contribution in [0.25, 0.3) is 11.4 Å². The van der Waals surface area contributed by atoms with E-state index in [4.69, 9.17) is 16.1 Å². The van der Waals surface area contributed by atoms with Gasteiger partial charge in [0.15, 0.2) is 5.96 Å². The van der Waals surface area contributed by atoms with E-state index in [1.165, 1.54) is 6.42 Å². The lowest BCUT2D eigenvalue weighted by atomic mass is 9.92. The van der Waals surface area contributed by atoms with Crippen LogP contribution in [0.3, 0.4) is 0 Å². The van der Waals surface area contributed by atoms with Crippen LogP contribution in [0.5, 0.6) is 0 Å². The molecule has 1 aliphatic heterocycles. The molecule has 6 nitrogen and oxygen atoms in total. The minimum Gasteiger partial charge on any atom is -0.347 e. The standard InChI is InChI=1S/C18H24ClN5O.HI/c1-12-7-13(2)11-24(10-12)18(20-3)21-9-16-22-17(23-25-16)14-5-4-6-15(19)8-14;/h4-6,8,12-13H,7,9-11H2,1-3H3,(H,20,21);1H. The van der Waals surface area contributed by atoms with Crippen LogP contribution in [-0.4, -0.2) is 41.1 Å². The van der Waals surface area contributed by atoms with Crippen LogP contribution in [-0.2, 0) is 6.54 Å². The van der Waals surface area contributed by atoms with E-state index in [1.54, 1.807) is 7.05 Å². The van der Waals surface area contributed by atoms with E-state index < -0.39 is 0 Å². The maximum atomic E-state index is 6.01. The zero-order chi connectivity index (χ0) is 17.8. The number of rotatable bonds is 3. The van der Waals surface area contributed by atoms with Gasteiger partial charge in [-0.15, -0.1) is 24.0 Å². The molecule has 3 rings (SSSR count). The summed E-state index contributed by atoms with van der Waals surface area (Å²) >= 11 is 6.01. The molecule has 1 aromatic carbocycles. The molecule has 0 aliphatic carbocycles. The SMILES string of the molecule is CN=C(NCc1nc(-c2cccc(Cl)c2)no1)N1CC(C)CC(C)C1.I. The van der Waals surface area contributed by atoms with Crippen molar-refractivity contribution in [2.24, 2.45) is 16.8 Å². The zero-order valence-corrected chi connectivity index (χ0v) is 18.4. The fourth-order valence-electron chi connectivity index (χ4n) is 3.39. The first-order valence-electron chi connectivity index (χ1n) is 8.59. The van der Waals surface area contributed by atoms with Gasteiger partial charge in [0.25, 0.3) is 0 Å². The first kappa shape index (κ1) is 21.0. The number of guanidine groups is 1. The van der Waals surface area contributed by atoms with Gasteiger partial charge in [-0.05, 0) is 30.4 Å².